The Balaban J connectivity index is 2.37. The first-order chi connectivity index (χ1) is 6.42. The van der Waals surface area contributed by atoms with Gasteiger partial charge < -0.3 is 10.3 Å². The first-order valence-electron chi connectivity index (χ1n) is 4.18. The highest BCUT2D eigenvalue weighted by Gasteiger charge is 2.04. The number of aromatic amines is 1. The zero-order valence-electron chi connectivity index (χ0n) is 7.28. The van der Waals surface area contributed by atoms with Crippen molar-refractivity contribution >= 4 is 17.0 Å². The largest absolute Gasteiger partial charge is 0.367 e. The second-order valence-corrected chi connectivity index (χ2v) is 2.67. The first-order valence-corrected chi connectivity index (χ1v) is 4.18. The minimum Gasteiger partial charge on any atom is -0.367 e. The van der Waals surface area contributed by atoms with Crippen molar-refractivity contribution < 1.29 is 0 Å². The van der Waals surface area contributed by atoms with Gasteiger partial charge in [0, 0.05) is 6.54 Å². The summed E-state index contributed by atoms with van der Waals surface area (Å²) in [6.45, 7) is 2.96. The van der Waals surface area contributed by atoms with Gasteiger partial charge in [0.1, 0.15) is 5.52 Å². The molecule has 2 N–H and O–H groups in total. The molecule has 13 heavy (non-hydrogen) atoms. The van der Waals surface area contributed by atoms with E-state index in [0.29, 0.717) is 11.5 Å². The molecule has 0 saturated carbocycles. The highest BCUT2D eigenvalue weighted by molar-refractivity contribution is 5.81. The number of nitrogens with zero attached hydrogens (tertiary/aromatic N) is 4. The van der Waals surface area contributed by atoms with E-state index < -0.39 is 0 Å². The summed E-state index contributed by atoms with van der Waals surface area (Å²) < 4.78 is 0. The lowest BCUT2D eigenvalue weighted by Gasteiger charge is -2.01. The number of anilines is 1. The molecule has 2 rings (SSSR count). The fourth-order valence-electron chi connectivity index (χ4n) is 1.06. The summed E-state index contributed by atoms with van der Waals surface area (Å²) in [5.41, 5.74) is 1.40. The Morgan fingerprint density at radius 3 is 3.23 bits per heavy atom. The van der Waals surface area contributed by atoms with Crippen LogP contribution in [0.25, 0.3) is 11.2 Å². The van der Waals surface area contributed by atoms with Crippen molar-refractivity contribution in [2.45, 2.75) is 13.3 Å². The number of fused-ring (bicyclic) bond motifs is 1. The molecular formula is C7H10N6. The van der Waals surface area contributed by atoms with Crippen LogP contribution in [0.2, 0.25) is 0 Å². The van der Waals surface area contributed by atoms with Crippen LogP contribution in [0.15, 0.2) is 6.33 Å². The van der Waals surface area contributed by atoms with E-state index in [-0.39, 0.29) is 0 Å². The van der Waals surface area contributed by atoms with Crippen LogP contribution in [0, 0.1) is 0 Å². The molecule has 0 aliphatic carbocycles. The van der Waals surface area contributed by atoms with Gasteiger partial charge >= 0.3 is 0 Å². The van der Waals surface area contributed by atoms with Crippen LogP contribution in [0.3, 0.4) is 0 Å². The molecule has 0 atom stereocenters. The topological polar surface area (TPSA) is 79.4 Å². The molecule has 0 saturated heterocycles. The maximum absolute atomic E-state index is 3.98. The second-order valence-electron chi connectivity index (χ2n) is 2.67. The van der Waals surface area contributed by atoms with Crippen LogP contribution in [0.1, 0.15) is 13.3 Å². The second kappa shape index (κ2) is 3.34. The Kier molecular flexibility index (Phi) is 2.03. The van der Waals surface area contributed by atoms with Gasteiger partial charge in [-0.2, -0.15) is 0 Å². The molecule has 0 aliphatic rings. The van der Waals surface area contributed by atoms with Crippen molar-refractivity contribution in [3.63, 3.8) is 0 Å². The fraction of sp³-hybridized carbons (Fsp3) is 0.429. The smallest absolute Gasteiger partial charge is 0.205 e. The highest BCUT2D eigenvalue weighted by Crippen LogP contribution is 2.12. The van der Waals surface area contributed by atoms with Crippen molar-refractivity contribution in [1.29, 1.82) is 0 Å². The van der Waals surface area contributed by atoms with Gasteiger partial charge in [-0.05, 0) is 11.6 Å². The number of hydrogen-bond acceptors (Lipinski definition) is 5. The van der Waals surface area contributed by atoms with Gasteiger partial charge in [0.15, 0.2) is 5.82 Å². The molecule has 6 heteroatoms. The lowest BCUT2D eigenvalue weighted by atomic mass is 10.4. The minimum atomic E-state index is 0.591. The van der Waals surface area contributed by atoms with E-state index in [0.717, 1.165) is 18.5 Å². The maximum Gasteiger partial charge on any atom is 0.205 e. The summed E-state index contributed by atoms with van der Waals surface area (Å²) >= 11 is 0. The summed E-state index contributed by atoms with van der Waals surface area (Å²) in [6.07, 6.45) is 2.62. The van der Waals surface area contributed by atoms with Crippen LogP contribution in [0.5, 0.6) is 0 Å². The summed E-state index contributed by atoms with van der Waals surface area (Å²) in [7, 11) is 0. The number of nitrogens with one attached hydrogen (secondary N) is 2. The van der Waals surface area contributed by atoms with E-state index in [1.54, 1.807) is 6.33 Å². The summed E-state index contributed by atoms with van der Waals surface area (Å²) in [6, 6.07) is 0. The summed E-state index contributed by atoms with van der Waals surface area (Å²) in [5.74, 6) is 0.712. The molecule has 68 valence electrons. The molecule has 0 fully saturated rings. The van der Waals surface area contributed by atoms with Crippen LogP contribution >= 0.6 is 0 Å². The van der Waals surface area contributed by atoms with E-state index in [9.17, 15) is 0 Å². The Bertz CT molecular complexity index is 395. The molecule has 0 amide bonds. The standard InChI is InChI=1S/C7H10N6/c1-2-3-8-6-5-7(10-4-9-5)12-13-11-6/h4H,2-3H2,1H3,(H2,8,9,10,11,12). The Morgan fingerprint density at radius 2 is 2.38 bits per heavy atom. The minimum absolute atomic E-state index is 0.591. The lowest BCUT2D eigenvalue weighted by Crippen LogP contribution is -2.04. The van der Waals surface area contributed by atoms with E-state index in [4.69, 9.17) is 0 Å². The van der Waals surface area contributed by atoms with Gasteiger partial charge in [0.05, 0.1) is 6.33 Å². The third kappa shape index (κ3) is 1.42. The van der Waals surface area contributed by atoms with Gasteiger partial charge in [0.2, 0.25) is 5.65 Å². The third-order valence-corrected chi connectivity index (χ3v) is 1.68. The van der Waals surface area contributed by atoms with Crippen molar-refractivity contribution in [1.82, 2.24) is 25.4 Å². The number of H-pyrrole nitrogens is 1. The first kappa shape index (κ1) is 7.90. The number of rotatable bonds is 3. The van der Waals surface area contributed by atoms with Gasteiger partial charge in [-0.1, -0.05) is 6.92 Å². The zero-order chi connectivity index (χ0) is 9.10. The number of imidazole rings is 1. The molecule has 2 heterocycles. The van der Waals surface area contributed by atoms with E-state index in [2.05, 4.69) is 37.6 Å². The molecule has 0 aromatic carbocycles. The molecule has 0 bridgehead atoms. The zero-order valence-corrected chi connectivity index (χ0v) is 7.28. The summed E-state index contributed by atoms with van der Waals surface area (Å²) in [5, 5.41) is 14.4. The van der Waals surface area contributed by atoms with Crippen LogP contribution < -0.4 is 5.32 Å². The molecule has 0 radical (unpaired) electrons. The van der Waals surface area contributed by atoms with Crippen molar-refractivity contribution in [3.05, 3.63) is 6.33 Å². The third-order valence-electron chi connectivity index (χ3n) is 1.68. The SMILES string of the molecule is CCCNc1nnnc2nc[nH]c12. The van der Waals surface area contributed by atoms with Gasteiger partial charge in [-0.25, -0.2) is 4.98 Å². The Hall–Kier alpha value is -1.72. The molecule has 0 unspecified atom stereocenters. The predicted molar refractivity (Wildman–Crippen MR) is 48.3 cm³/mol. The normalized spacial score (nSPS) is 10.5. The number of hydrogen-bond donors (Lipinski definition) is 2. The Morgan fingerprint density at radius 1 is 1.46 bits per heavy atom. The quantitative estimate of drug-likeness (QED) is 0.718. The summed E-state index contributed by atoms with van der Waals surface area (Å²) in [4.78, 5) is 6.94. The van der Waals surface area contributed by atoms with E-state index in [1.165, 1.54) is 0 Å². The van der Waals surface area contributed by atoms with Crippen LogP contribution in [0.4, 0.5) is 5.82 Å². The fourth-order valence-corrected chi connectivity index (χ4v) is 1.06. The van der Waals surface area contributed by atoms with E-state index >= 15 is 0 Å². The Labute approximate surface area is 74.8 Å². The number of aromatic nitrogens is 5. The predicted octanol–water partition coefficient (Wildman–Crippen LogP) is 0.570. The van der Waals surface area contributed by atoms with E-state index in [1.807, 2.05) is 0 Å². The van der Waals surface area contributed by atoms with Crippen molar-refractivity contribution in [3.8, 4) is 0 Å². The van der Waals surface area contributed by atoms with Crippen molar-refractivity contribution in [2.75, 3.05) is 11.9 Å². The van der Waals surface area contributed by atoms with Crippen molar-refractivity contribution in [2.24, 2.45) is 0 Å². The molecule has 6 nitrogen and oxygen atoms in total. The average Bonchev–Trinajstić information content (AvgIpc) is 2.62. The molecule has 0 spiro atoms. The molecular weight excluding hydrogens is 168 g/mol. The van der Waals surface area contributed by atoms with Gasteiger partial charge in [-0.15, -0.1) is 10.2 Å². The molecule has 2 aromatic heterocycles. The molecule has 2 aromatic rings. The van der Waals surface area contributed by atoms with Gasteiger partial charge in [-0.3, -0.25) is 0 Å². The van der Waals surface area contributed by atoms with Crippen LogP contribution in [-0.2, 0) is 0 Å². The van der Waals surface area contributed by atoms with Crippen LogP contribution in [-0.4, -0.2) is 31.9 Å². The monoisotopic (exact) mass is 178 g/mol. The van der Waals surface area contributed by atoms with Gasteiger partial charge in [0.25, 0.3) is 0 Å². The highest BCUT2D eigenvalue weighted by atomic mass is 15.3. The molecule has 0 aliphatic heterocycles. The average molecular weight is 178 g/mol. The maximum atomic E-state index is 3.98. The lowest BCUT2D eigenvalue weighted by molar-refractivity contribution is 0.875.